The molecule has 0 aromatic heterocycles. The molecule has 1 aliphatic rings. The highest BCUT2D eigenvalue weighted by Crippen LogP contribution is 2.34. The van der Waals surface area contributed by atoms with Gasteiger partial charge in [-0.15, -0.1) is 0 Å². The van der Waals surface area contributed by atoms with Crippen LogP contribution in [0.15, 0.2) is 0 Å². The summed E-state index contributed by atoms with van der Waals surface area (Å²) in [6, 6.07) is 0. The van der Waals surface area contributed by atoms with Crippen molar-refractivity contribution >= 4 is 5.97 Å². The lowest BCUT2D eigenvalue weighted by Gasteiger charge is -2.05. The van der Waals surface area contributed by atoms with Crippen molar-refractivity contribution in [1.29, 1.82) is 0 Å². The van der Waals surface area contributed by atoms with E-state index in [9.17, 15) is 4.79 Å². The van der Waals surface area contributed by atoms with E-state index in [-0.39, 0.29) is 5.97 Å². The minimum Gasteiger partial charge on any atom is -0.466 e. The van der Waals surface area contributed by atoms with Crippen LogP contribution in [0.25, 0.3) is 0 Å². The van der Waals surface area contributed by atoms with Gasteiger partial charge in [0.25, 0.3) is 0 Å². The first-order valence-corrected chi connectivity index (χ1v) is 10.5. The third-order valence-corrected chi connectivity index (χ3v) is 4.95. The fourth-order valence-corrected chi connectivity index (χ4v) is 3.13. The Hall–Kier alpha value is -0.530. The highest BCUT2D eigenvalue weighted by molar-refractivity contribution is 5.69. The van der Waals surface area contributed by atoms with Crippen molar-refractivity contribution in [3.05, 3.63) is 0 Å². The van der Waals surface area contributed by atoms with Gasteiger partial charge in [-0.2, -0.15) is 0 Å². The number of esters is 1. The molecule has 2 nitrogen and oxygen atoms in total. The Bertz CT molecular complexity index is 271. The lowest BCUT2D eigenvalue weighted by atomic mass is 10.1. The zero-order valence-corrected chi connectivity index (χ0v) is 15.6. The second-order valence-corrected chi connectivity index (χ2v) is 7.45. The van der Waals surface area contributed by atoms with Crippen molar-refractivity contribution in [3.8, 4) is 0 Å². The van der Waals surface area contributed by atoms with E-state index in [1.54, 1.807) is 0 Å². The van der Waals surface area contributed by atoms with E-state index in [4.69, 9.17) is 4.74 Å². The van der Waals surface area contributed by atoms with Crippen LogP contribution in [0.2, 0.25) is 0 Å². The largest absolute Gasteiger partial charge is 0.466 e. The van der Waals surface area contributed by atoms with Gasteiger partial charge in [0.1, 0.15) is 0 Å². The molecule has 1 fully saturated rings. The van der Waals surface area contributed by atoms with Gasteiger partial charge in [0.2, 0.25) is 0 Å². The number of hydrogen-bond acceptors (Lipinski definition) is 2. The molecule has 23 heavy (non-hydrogen) atoms. The van der Waals surface area contributed by atoms with Crippen LogP contribution < -0.4 is 0 Å². The number of hydrogen-bond donors (Lipinski definition) is 0. The molecule has 0 bridgehead atoms. The Balaban J connectivity index is 1.68. The molecule has 0 spiro atoms. The number of carbonyl (C=O) groups is 1. The molecule has 0 saturated heterocycles. The number of unbranched alkanes of at least 4 members (excludes halogenated alkanes) is 11. The van der Waals surface area contributed by atoms with Crippen LogP contribution in [0.5, 0.6) is 0 Å². The summed E-state index contributed by atoms with van der Waals surface area (Å²) in [4.78, 5) is 11.5. The summed E-state index contributed by atoms with van der Waals surface area (Å²) in [6.07, 6.45) is 21.8. The summed E-state index contributed by atoms with van der Waals surface area (Å²) in [5.74, 6) is 1.12. The molecule has 0 amide bonds. The molecule has 0 aromatic rings. The summed E-state index contributed by atoms with van der Waals surface area (Å²) >= 11 is 0. The quantitative estimate of drug-likeness (QED) is 0.217. The number of rotatable bonds is 17. The van der Waals surface area contributed by atoms with E-state index in [0.717, 1.165) is 25.2 Å². The van der Waals surface area contributed by atoms with E-state index in [1.807, 2.05) is 0 Å². The summed E-state index contributed by atoms with van der Waals surface area (Å²) in [5, 5.41) is 0. The van der Waals surface area contributed by atoms with E-state index >= 15 is 0 Å². The Morgan fingerprint density at radius 3 is 1.96 bits per heavy atom. The van der Waals surface area contributed by atoms with Gasteiger partial charge in [-0.05, 0) is 18.8 Å². The molecule has 1 saturated carbocycles. The highest BCUT2D eigenvalue weighted by Gasteiger charge is 2.19. The van der Waals surface area contributed by atoms with Gasteiger partial charge in [-0.25, -0.2) is 0 Å². The molecular formula is C21H40O2. The van der Waals surface area contributed by atoms with E-state index in [2.05, 4.69) is 6.92 Å². The fraction of sp³-hybridized carbons (Fsp3) is 0.952. The molecule has 0 aromatic carbocycles. The SMILES string of the molecule is CCCCCCC(=O)OCCCCCCCCCCCC1CC1. The first-order valence-electron chi connectivity index (χ1n) is 10.5. The summed E-state index contributed by atoms with van der Waals surface area (Å²) in [6.45, 7) is 2.82. The summed E-state index contributed by atoms with van der Waals surface area (Å²) in [7, 11) is 0. The summed E-state index contributed by atoms with van der Waals surface area (Å²) < 4.78 is 5.28. The molecule has 0 aliphatic heterocycles. The predicted molar refractivity (Wildman–Crippen MR) is 98.6 cm³/mol. The average molecular weight is 325 g/mol. The predicted octanol–water partition coefficient (Wildman–Crippen LogP) is 6.81. The Morgan fingerprint density at radius 1 is 0.783 bits per heavy atom. The van der Waals surface area contributed by atoms with Crippen molar-refractivity contribution < 1.29 is 9.53 Å². The van der Waals surface area contributed by atoms with Gasteiger partial charge >= 0.3 is 5.97 Å². The first kappa shape index (κ1) is 20.5. The van der Waals surface area contributed by atoms with Crippen molar-refractivity contribution in [2.45, 2.75) is 116 Å². The van der Waals surface area contributed by atoms with Gasteiger partial charge in [0.05, 0.1) is 6.61 Å². The Morgan fingerprint density at radius 2 is 1.35 bits per heavy atom. The molecule has 1 rings (SSSR count). The van der Waals surface area contributed by atoms with Crippen molar-refractivity contribution in [2.24, 2.45) is 5.92 Å². The van der Waals surface area contributed by atoms with Crippen molar-refractivity contribution in [3.63, 3.8) is 0 Å². The molecule has 0 atom stereocenters. The van der Waals surface area contributed by atoms with Crippen LogP contribution in [0.4, 0.5) is 0 Å². The van der Waals surface area contributed by atoms with Gasteiger partial charge in [0.15, 0.2) is 0 Å². The third kappa shape index (κ3) is 14.8. The molecule has 0 radical (unpaired) electrons. The van der Waals surface area contributed by atoms with Gasteiger partial charge in [-0.1, -0.05) is 96.8 Å². The van der Waals surface area contributed by atoms with Crippen LogP contribution in [0.1, 0.15) is 116 Å². The van der Waals surface area contributed by atoms with Crippen LogP contribution in [0.3, 0.4) is 0 Å². The van der Waals surface area contributed by atoms with Gasteiger partial charge < -0.3 is 4.74 Å². The van der Waals surface area contributed by atoms with E-state index < -0.39 is 0 Å². The second kappa shape index (κ2) is 15.0. The van der Waals surface area contributed by atoms with E-state index in [1.165, 1.54) is 83.5 Å². The summed E-state index contributed by atoms with van der Waals surface area (Å²) in [5.41, 5.74) is 0. The lowest BCUT2D eigenvalue weighted by Crippen LogP contribution is -2.05. The maximum absolute atomic E-state index is 11.5. The van der Waals surface area contributed by atoms with Gasteiger partial charge in [-0.3, -0.25) is 4.79 Å². The Labute approximate surface area is 144 Å². The van der Waals surface area contributed by atoms with Crippen molar-refractivity contribution in [1.82, 2.24) is 0 Å². The monoisotopic (exact) mass is 324 g/mol. The third-order valence-electron chi connectivity index (χ3n) is 4.95. The minimum absolute atomic E-state index is 0.00676. The number of carbonyl (C=O) groups excluding carboxylic acids is 1. The molecule has 0 unspecified atom stereocenters. The minimum atomic E-state index is 0.00676. The Kier molecular flexibility index (Phi) is 13.4. The second-order valence-electron chi connectivity index (χ2n) is 7.45. The average Bonchev–Trinajstić information content (AvgIpc) is 3.37. The highest BCUT2D eigenvalue weighted by atomic mass is 16.5. The maximum Gasteiger partial charge on any atom is 0.305 e. The lowest BCUT2D eigenvalue weighted by molar-refractivity contribution is -0.143. The number of ether oxygens (including phenoxy) is 1. The fourth-order valence-electron chi connectivity index (χ4n) is 3.13. The topological polar surface area (TPSA) is 26.3 Å². The first-order chi connectivity index (χ1) is 11.3. The standard InChI is InChI=1S/C21H40O2/c1-2-3-4-13-16-21(22)23-19-14-11-9-7-5-6-8-10-12-15-20-17-18-20/h20H,2-19H2,1H3. The molecule has 0 heterocycles. The van der Waals surface area contributed by atoms with Gasteiger partial charge in [0, 0.05) is 6.42 Å². The molecule has 136 valence electrons. The van der Waals surface area contributed by atoms with Crippen LogP contribution >= 0.6 is 0 Å². The molecule has 1 aliphatic carbocycles. The molecular weight excluding hydrogens is 284 g/mol. The van der Waals surface area contributed by atoms with Crippen LogP contribution in [-0.2, 0) is 9.53 Å². The normalized spacial score (nSPS) is 14.1. The smallest absolute Gasteiger partial charge is 0.305 e. The maximum atomic E-state index is 11.5. The van der Waals surface area contributed by atoms with Crippen LogP contribution in [0, 0.1) is 5.92 Å². The zero-order valence-electron chi connectivity index (χ0n) is 15.6. The molecule has 2 heteroatoms. The van der Waals surface area contributed by atoms with Crippen LogP contribution in [-0.4, -0.2) is 12.6 Å². The van der Waals surface area contributed by atoms with Crippen molar-refractivity contribution in [2.75, 3.05) is 6.61 Å². The van der Waals surface area contributed by atoms with E-state index in [0.29, 0.717) is 13.0 Å². The molecule has 0 N–H and O–H groups in total. The zero-order chi connectivity index (χ0) is 16.6.